The van der Waals surface area contributed by atoms with Crippen LogP contribution >= 0.6 is 0 Å². The number of likely N-dealkylation sites (tertiary alicyclic amines) is 1. The van der Waals surface area contributed by atoms with Crippen molar-refractivity contribution in [2.24, 2.45) is 5.41 Å². The maximum atomic E-state index is 13.7. The number of amides is 1. The van der Waals surface area contributed by atoms with Crippen molar-refractivity contribution in [3.8, 4) is 0 Å². The first-order valence-corrected chi connectivity index (χ1v) is 8.86. The van der Waals surface area contributed by atoms with Crippen molar-refractivity contribution in [3.63, 3.8) is 0 Å². The van der Waals surface area contributed by atoms with Crippen molar-refractivity contribution < 1.29 is 26.4 Å². The second kappa shape index (κ2) is 5.19. The highest BCUT2D eigenvalue weighted by Crippen LogP contribution is 2.53. The van der Waals surface area contributed by atoms with Crippen LogP contribution in [0.5, 0.6) is 0 Å². The Morgan fingerprint density at radius 3 is 2.70 bits per heavy atom. The molecule has 23 heavy (non-hydrogen) atoms. The highest BCUT2D eigenvalue weighted by atomic mass is 32.2. The number of pyridine rings is 1. The number of carbonyl (C=O) groups excluding carboxylic acids is 1. The van der Waals surface area contributed by atoms with Gasteiger partial charge in [0.1, 0.15) is 5.41 Å². The van der Waals surface area contributed by atoms with Crippen LogP contribution in [-0.2, 0) is 9.84 Å². The molecule has 126 valence electrons. The van der Waals surface area contributed by atoms with Gasteiger partial charge in [-0.15, -0.1) is 0 Å². The molecule has 0 radical (unpaired) electrons. The minimum absolute atomic E-state index is 0.0345. The van der Waals surface area contributed by atoms with Crippen molar-refractivity contribution in [1.82, 2.24) is 9.88 Å². The molecule has 0 bridgehead atoms. The number of hydrogen-bond acceptors (Lipinski definition) is 4. The minimum atomic E-state index is -4.67. The number of carbonyl (C=O) groups is 1. The van der Waals surface area contributed by atoms with Gasteiger partial charge < -0.3 is 4.90 Å². The number of hydrogen-bond donors (Lipinski definition) is 0. The van der Waals surface area contributed by atoms with E-state index in [4.69, 9.17) is 0 Å². The van der Waals surface area contributed by atoms with E-state index in [2.05, 4.69) is 4.98 Å². The van der Waals surface area contributed by atoms with Crippen LogP contribution in [0.1, 0.15) is 23.2 Å². The summed E-state index contributed by atoms with van der Waals surface area (Å²) in [6.07, 6.45) is -2.26. The predicted molar refractivity (Wildman–Crippen MR) is 75.4 cm³/mol. The highest BCUT2D eigenvalue weighted by molar-refractivity contribution is 7.92. The molecule has 2 atom stereocenters. The first-order valence-electron chi connectivity index (χ1n) is 7.15. The number of sulfone groups is 1. The van der Waals surface area contributed by atoms with E-state index in [1.54, 1.807) is 0 Å². The lowest BCUT2D eigenvalue weighted by Gasteiger charge is -2.39. The quantitative estimate of drug-likeness (QED) is 0.774. The molecule has 0 unspecified atom stereocenters. The van der Waals surface area contributed by atoms with E-state index in [1.165, 1.54) is 24.5 Å². The molecule has 0 spiro atoms. The van der Waals surface area contributed by atoms with E-state index >= 15 is 0 Å². The Morgan fingerprint density at radius 1 is 1.39 bits per heavy atom. The topological polar surface area (TPSA) is 67.3 Å². The maximum absolute atomic E-state index is 13.7. The number of aromatic nitrogens is 1. The summed E-state index contributed by atoms with van der Waals surface area (Å²) in [4.78, 5) is 17.2. The van der Waals surface area contributed by atoms with Gasteiger partial charge in [0.15, 0.2) is 9.84 Å². The van der Waals surface area contributed by atoms with Gasteiger partial charge in [-0.05, 0) is 25.0 Å². The van der Waals surface area contributed by atoms with E-state index in [-0.39, 0.29) is 24.2 Å². The highest BCUT2D eigenvalue weighted by Gasteiger charge is 2.68. The lowest BCUT2D eigenvalue weighted by atomic mass is 9.81. The van der Waals surface area contributed by atoms with Crippen molar-refractivity contribution in [1.29, 1.82) is 0 Å². The van der Waals surface area contributed by atoms with Crippen molar-refractivity contribution in [2.45, 2.75) is 24.3 Å². The summed E-state index contributed by atoms with van der Waals surface area (Å²) in [6.45, 7) is -1.04. The van der Waals surface area contributed by atoms with Crippen LogP contribution in [0.25, 0.3) is 0 Å². The standard InChI is InChI=1S/C14H15F3N2O3S/c15-14(16,17)13-4-2-6-23(21,22)11(13)8-19(9-13)12(20)10-3-1-5-18-7-10/h1,3,5,7,11H,2,4,6,8-9H2/t11-,13-/m1/s1. The van der Waals surface area contributed by atoms with Crippen LogP contribution in [0, 0.1) is 5.41 Å². The maximum Gasteiger partial charge on any atom is 0.397 e. The molecule has 1 aromatic heterocycles. The van der Waals surface area contributed by atoms with Gasteiger partial charge in [0.05, 0.1) is 16.6 Å². The molecule has 0 aliphatic carbocycles. The smallest absolute Gasteiger partial charge is 0.336 e. The van der Waals surface area contributed by atoms with Crippen LogP contribution in [0.2, 0.25) is 0 Å². The van der Waals surface area contributed by atoms with E-state index in [0.29, 0.717) is 0 Å². The summed E-state index contributed by atoms with van der Waals surface area (Å²) in [7, 11) is -3.88. The lowest BCUT2D eigenvalue weighted by molar-refractivity contribution is -0.220. The van der Waals surface area contributed by atoms with Gasteiger partial charge in [0, 0.05) is 25.5 Å². The van der Waals surface area contributed by atoms with Gasteiger partial charge in [-0.2, -0.15) is 13.2 Å². The molecule has 3 heterocycles. The van der Waals surface area contributed by atoms with Crippen molar-refractivity contribution in [3.05, 3.63) is 30.1 Å². The Labute approximate surface area is 131 Å². The van der Waals surface area contributed by atoms with Crippen LogP contribution in [0.4, 0.5) is 13.2 Å². The zero-order valence-corrected chi connectivity index (χ0v) is 12.9. The van der Waals surface area contributed by atoms with Gasteiger partial charge >= 0.3 is 6.18 Å². The zero-order valence-electron chi connectivity index (χ0n) is 12.1. The lowest BCUT2D eigenvalue weighted by Crippen LogP contribution is -2.53. The summed E-state index contributed by atoms with van der Waals surface area (Å²) in [5, 5.41) is -1.58. The summed E-state index contributed by atoms with van der Waals surface area (Å²) in [5.41, 5.74) is -2.21. The van der Waals surface area contributed by atoms with Crippen LogP contribution < -0.4 is 0 Å². The van der Waals surface area contributed by atoms with E-state index in [9.17, 15) is 26.4 Å². The number of fused-ring (bicyclic) bond motifs is 1. The summed E-state index contributed by atoms with van der Waals surface area (Å²) in [5.74, 6) is -0.879. The Bertz CT molecular complexity index is 721. The Balaban J connectivity index is 1.98. The fourth-order valence-electron chi connectivity index (χ4n) is 3.55. The third kappa shape index (κ3) is 2.50. The Hall–Kier alpha value is -1.64. The molecule has 2 fully saturated rings. The first-order chi connectivity index (χ1) is 10.7. The Kier molecular flexibility index (Phi) is 3.66. The van der Waals surface area contributed by atoms with Crippen molar-refractivity contribution >= 4 is 15.7 Å². The molecule has 9 heteroatoms. The molecule has 0 saturated carbocycles. The van der Waals surface area contributed by atoms with Gasteiger partial charge in [-0.25, -0.2) is 8.42 Å². The van der Waals surface area contributed by atoms with Gasteiger partial charge in [0.25, 0.3) is 5.91 Å². The molecule has 0 aromatic carbocycles. The summed E-state index contributed by atoms with van der Waals surface area (Å²) in [6, 6.07) is 2.96. The SMILES string of the molecule is O=C(c1cccnc1)N1C[C@@H]2[C@@](C(F)(F)F)(CCCS2(=O)=O)C1. The Morgan fingerprint density at radius 2 is 2.13 bits per heavy atom. The van der Waals surface area contributed by atoms with Gasteiger partial charge in [-0.3, -0.25) is 9.78 Å². The molecule has 2 saturated heterocycles. The minimum Gasteiger partial charge on any atom is -0.336 e. The molecular weight excluding hydrogens is 333 g/mol. The molecule has 1 amide bonds. The average molecular weight is 348 g/mol. The number of nitrogens with zero attached hydrogens (tertiary/aromatic N) is 2. The van der Waals surface area contributed by atoms with E-state index in [1.807, 2.05) is 0 Å². The van der Waals surface area contributed by atoms with Gasteiger partial charge in [0.2, 0.25) is 0 Å². The molecule has 5 nitrogen and oxygen atoms in total. The number of rotatable bonds is 1. The fraction of sp³-hybridized carbons (Fsp3) is 0.571. The van der Waals surface area contributed by atoms with Crippen LogP contribution in [0.3, 0.4) is 0 Å². The third-order valence-electron chi connectivity index (χ3n) is 4.72. The molecule has 2 aliphatic heterocycles. The molecule has 1 aromatic rings. The second-order valence-electron chi connectivity index (χ2n) is 6.04. The van der Waals surface area contributed by atoms with E-state index < -0.39 is 45.7 Å². The molecule has 3 rings (SSSR count). The van der Waals surface area contributed by atoms with Gasteiger partial charge in [-0.1, -0.05) is 0 Å². The number of halogens is 3. The number of alkyl halides is 3. The second-order valence-corrected chi connectivity index (χ2v) is 8.34. The monoisotopic (exact) mass is 348 g/mol. The van der Waals surface area contributed by atoms with Crippen LogP contribution in [0.15, 0.2) is 24.5 Å². The normalized spacial score (nSPS) is 30.0. The predicted octanol–water partition coefficient (Wildman–Crippen LogP) is 1.66. The zero-order chi connectivity index (χ0) is 16.9. The fourth-order valence-corrected chi connectivity index (χ4v) is 5.80. The molecule has 0 N–H and O–H groups in total. The molecule has 2 aliphatic rings. The molecular formula is C14H15F3N2O3S. The summed E-state index contributed by atoms with van der Waals surface area (Å²) >= 11 is 0. The van der Waals surface area contributed by atoms with Crippen LogP contribution in [-0.4, -0.2) is 54.5 Å². The summed E-state index contributed by atoms with van der Waals surface area (Å²) < 4.78 is 65.3. The third-order valence-corrected chi connectivity index (χ3v) is 7.05. The average Bonchev–Trinajstić information content (AvgIpc) is 2.89. The largest absolute Gasteiger partial charge is 0.397 e. The van der Waals surface area contributed by atoms with Crippen molar-refractivity contribution in [2.75, 3.05) is 18.8 Å². The first kappa shape index (κ1) is 16.2. The van der Waals surface area contributed by atoms with E-state index in [0.717, 1.165) is 4.90 Å².